The minimum absolute atomic E-state index is 0.0654. The molecule has 4 aromatic heterocycles. The molecular formula is C28H31N9O2. The third kappa shape index (κ3) is 3.52. The maximum Gasteiger partial charge on any atom is 0.291 e. The summed E-state index contributed by atoms with van der Waals surface area (Å²) < 4.78 is 1.77. The Balaban J connectivity index is 1.16. The number of nitrogens with zero attached hydrogens (tertiary/aromatic N) is 7. The molecule has 4 fully saturated rings. The van der Waals surface area contributed by atoms with E-state index in [0.29, 0.717) is 17.6 Å². The fourth-order valence-electron chi connectivity index (χ4n) is 7.11. The lowest BCUT2D eigenvalue weighted by Gasteiger charge is -2.39. The second-order valence-corrected chi connectivity index (χ2v) is 11.8. The molecular weight excluding hydrogens is 494 g/mol. The zero-order valence-electron chi connectivity index (χ0n) is 21.6. The molecule has 0 aromatic carbocycles. The summed E-state index contributed by atoms with van der Waals surface area (Å²) in [6.45, 7) is 0. The topological polar surface area (TPSA) is 151 Å². The summed E-state index contributed by atoms with van der Waals surface area (Å²) in [5.74, 6) is 1.55. The lowest BCUT2D eigenvalue weighted by atomic mass is 9.77. The number of anilines is 1. The van der Waals surface area contributed by atoms with Crippen molar-refractivity contribution in [1.29, 1.82) is 0 Å². The molecule has 4 aliphatic rings. The number of nitrogen functional groups attached to an aromatic ring is 1. The molecule has 11 nitrogen and oxygen atoms in total. The standard InChI is InChI=1S/C28H31N9O2/c29-24-22(15-2-3-15)23(17-10-18-5-6-19(11-17)36(18)27(38)25-31-14-32-35-25)34-26-20(13-33-37(24)26)16-4-7-21(30-12-16)28(39)8-1-9-28/h4,7,12-15,17-19,39H,1-3,5-6,8-11,29H2,(H,31,32,35)/t17?,18-,19+. The largest absolute Gasteiger partial charge is 0.384 e. The molecule has 39 heavy (non-hydrogen) atoms. The summed E-state index contributed by atoms with van der Waals surface area (Å²) in [6, 6.07) is 4.21. The van der Waals surface area contributed by atoms with Crippen molar-refractivity contribution in [3.8, 4) is 11.1 Å². The average molecular weight is 526 g/mol. The van der Waals surface area contributed by atoms with E-state index in [1.165, 1.54) is 6.33 Å². The quantitative estimate of drug-likeness (QED) is 0.359. The predicted molar refractivity (Wildman–Crippen MR) is 142 cm³/mol. The van der Waals surface area contributed by atoms with Crippen LogP contribution in [-0.4, -0.2) is 62.8 Å². The Bertz CT molecular complexity index is 1560. The molecule has 2 aliphatic heterocycles. The Hall–Kier alpha value is -3.86. The molecule has 2 aliphatic carbocycles. The van der Waals surface area contributed by atoms with Gasteiger partial charge in [0.2, 0.25) is 5.82 Å². The second-order valence-electron chi connectivity index (χ2n) is 11.8. The summed E-state index contributed by atoms with van der Waals surface area (Å²) in [4.78, 5) is 29.2. The molecule has 1 unspecified atom stereocenters. The van der Waals surface area contributed by atoms with Crippen molar-refractivity contribution in [3.05, 3.63) is 53.6 Å². The van der Waals surface area contributed by atoms with Gasteiger partial charge in [0.1, 0.15) is 17.7 Å². The lowest BCUT2D eigenvalue weighted by Crippen LogP contribution is -2.46. The minimum Gasteiger partial charge on any atom is -0.384 e. The highest BCUT2D eigenvalue weighted by molar-refractivity contribution is 5.91. The van der Waals surface area contributed by atoms with E-state index in [9.17, 15) is 9.90 Å². The Morgan fingerprint density at radius 2 is 1.85 bits per heavy atom. The smallest absolute Gasteiger partial charge is 0.291 e. The number of amides is 1. The van der Waals surface area contributed by atoms with Gasteiger partial charge in [-0.25, -0.2) is 9.97 Å². The van der Waals surface area contributed by atoms with Crippen LogP contribution in [0.2, 0.25) is 0 Å². The van der Waals surface area contributed by atoms with Crippen LogP contribution in [0.15, 0.2) is 30.9 Å². The highest BCUT2D eigenvalue weighted by atomic mass is 16.3. The average Bonchev–Trinajstić information content (AvgIpc) is 3.32. The van der Waals surface area contributed by atoms with E-state index in [-0.39, 0.29) is 23.9 Å². The molecule has 11 heteroatoms. The molecule has 0 radical (unpaired) electrons. The van der Waals surface area contributed by atoms with E-state index in [0.717, 1.165) is 91.5 Å². The molecule has 200 valence electrons. The van der Waals surface area contributed by atoms with Crippen LogP contribution in [0.3, 0.4) is 0 Å². The van der Waals surface area contributed by atoms with E-state index >= 15 is 0 Å². The van der Waals surface area contributed by atoms with E-state index in [4.69, 9.17) is 10.7 Å². The molecule has 4 N–H and O–H groups in total. The fourth-order valence-corrected chi connectivity index (χ4v) is 7.11. The number of aliphatic hydroxyl groups is 1. The molecule has 8 rings (SSSR count). The first-order chi connectivity index (χ1) is 19.0. The molecule has 6 heterocycles. The van der Waals surface area contributed by atoms with E-state index in [1.807, 2.05) is 29.4 Å². The Morgan fingerprint density at radius 1 is 1.05 bits per heavy atom. The van der Waals surface area contributed by atoms with Gasteiger partial charge >= 0.3 is 0 Å². The summed E-state index contributed by atoms with van der Waals surface area (Å²) in [6.07, 6.45) is 13.5. The van der Waals surface area contributed by atoms with Gasteiger partial charge in [0.15, 0.2) is 5.65 Å². The molecule has 0 spiro atoms. The maximum atomic E-state index is 13.2. The van der Waals surface area contributed by atoms with Crippen molar-refractivity contribution in [1.82, 2.24) is 39.7 Å². The fraction of sp³-hybridized carbons (Fsp3) is 0.500. The van der Waals surface area contributed by atoms with Crippen LogP contribution >= 0.6 is 0 Å². The Morgan fingerprint density at radius 3 is 2.46 bits per heavy atom. The van der Waals surface area contributed by atoms with Gasteiger partial charge in [-0.3, -0.25) is 14.9 Å². The first-order valence-corrected chi connectivity index (χ1v) is 14.0. The second kappa shape index (κ2) is 8.32. The van der Waals surface area contributed by atoms with Gasteiger partial charge in [0.05, 0.1) is 17.6 Å². The number of hydrogen-bond acceptors (Lipinski definition) is 8. The van der Waals surface area contributed by atoms with Gasteiger partial charge in [0, 0.05) is 40.9 Å². The molecule has 2 saturated carbocycles. The van der Waals surface area contributed by atoms with E-state index in [1.54, 1.807) is 4.52 Å². The van der Waals surface area contributed by atoms with Crippen molar-refractivity contribution >= 4 is 17.4 Å². The first-order valence-electron chi connectivity index (χ1n) is 14.0. The molecule has 2 saturated heterocycles. The van der Waals surface area contributed by atoms with Crippen molar-refractivity contribution in [3.63, 3.8) is 0 Å². The van der Waals surface area contributed by atoms with Crippen molar-refractivity contribution in [2.75, 3.05) is 5.73 Å². The number of aromatic amines is 1. The molecule has 3 atom stereocenters. The normalized spacial score (nSPS) is 25.7. The number of nitrogens with one attached hydrogen (secondary N) is 1. The number of aromatic nitrogens is 7. The monoisotopic (exact) mass is 525 g/mol. The number of piperidine rings is 1. The van der Waals surface area contributed by atoms with Gasteiger partial charge in [-0.05, 0) is 69.8 Å². The van der Waals surface area contributed by atoms with Crippen LogP contribution in [0.5, 0.6) is 0 Å². The Kier molecular flexibility index (Phi) is 4.92. The number of pyridine rings is 1. The summed E-state index contributed by atoms with van der Waals surface area (Å²) in [5.41, 5.74) is 11.5. The lowest BCUT2D eigenvalue weighted by molar-refractivity contribution is -0.0426. The van der Waals surface area contributed by atoms with Crippen LogP contribution in [0, 0.1) is 0 Å². The third-order valence-corrected chi connectivity index (χ3v) is 9.44. The van der Waals surface area contributed by atoms with Crippen LogP contribution in [-0.2, 0) is 5.60 Å². The number of carbonyl (C=O) groups is 1. The van der Waals surface area contributed by atoms with Gasteiger partial charge in [-0.1, -0.05) is 6.07 Å². The van der Waals surface area contributed by atoms with E-state index in [2.05, 4.69) is 25.3 Å². The van der Waals surface area contributed by atoms with Crippen LogP contribution in [0.1, 0.15) is 97.2 Å². The number of carbonyl (C=O) groups excluding carboxylic acids is 1. The number of fused-ring (bicyclic) bond motifs is 3. The van der Waals surface area contributed by atoms with Crippen LogP contribution in [0.4, 0.5) is 5.82 Å². The van der Waals surface area contributed by atoms with Crippen molar-refractivity contribution in [2.45, 2.75) is 87.3 Å². The highest BCUT2D eigenvalue weighted by Crippen LogP contribution is 2.50. The molecule has 1 amide bonds. The zero-order valence-corrected chi connectivity index (χ0v) is 21.6. The van der Waals surface area contributed by atoms with Gasteiger partial charge < -0.3 is 15.7 Å². The highest BCUT2D eigenvalue weighted by Gasteiger charge is 2.46. The predicted octanol–water partition coefficient (Wildman–Crippen LogP) is 3.29. The van der Waals surface area contributed by atoms with Gasteiger partial charge in [0.25, 0.3) is 5.91 Å². The number of hydrogen-bond donors (Lipinski definition) is 3. The van der Waals surface area contributed by atoms with E-state index < -0.39 is 5.60 Å². The van der Waals surface area contributed by atoms with Gasteiger partial charge in [-0.15, -0.1) is 0 Å². The number of rotatable bonds is 5. The van der Waals surface area contributed by atoms with Crippen LogP contribution < -0.4 is 5.73 Å². The van der Waals surface area contributed by atoms with Gasteiger partial charge in [-0.2, -0.15) is 14.7 Å². The summed E-state index contributed by atoms with van der Waals surface area (Å²) >= 11 is 0. The third-order valence-electron chi connectivity index (χ3n) is 9.44. The minimum atomic E-state index is -0.794. The van der Waals surface area contributed by atoms with Crippen molar-refractivity contribution in [2.24, 2.45) is 0 Å². The SMILES string of the molecule is Nc1c(C2CC2)c(C2C[C@H]3CC[C@@H](C2)N3C(=O)c2ncn[nH]2)nc2c(-c3ccc(C4(O)CCC4)nc3)cnn12. The maximum absolute atomic E-state index is 13.2. The summed E-state index contributed by atoms with van der Waals surface area (Å²) in [5, 5.41) is 21.9. The number of nitrogens with two attached hydrogens (primary N) is 1. The van der Waals surface area contributed by atoms with Crippen molar-refractivity contribution < 1.29 is 9.90 Å². The van der Waals surface area contributed by atoms with Crippen LogP contribution in [0.25, 0.3) is 16.8 Å². The zero-order chi connectivity index (χ0) is 26.3. The Labute approximate surface area is 224 Å². The number of H-pyrrole nitrogens is 1. The molecule has 4 aromatic rings. The summed E-state index contributed by atoms with van der Waals surface area (Å²) in [7, 11) is 0. The molecule has 2 bridgehead atoms. The first kappa shape index (κ1) is 23.1.